The second kappa shape index (κ2) is 12.6. The van der Waals surface area contributed by atoms with Crippen molar-refractivity contribution in [3.63, 3.8) is 0 Å². The number of carbonyl (C=O) groups is 1. The maximum absolute atomic E-state index is 13.2. The van der Waals surface area contributed by atoms with E-state index in [-0.39, 0.29) is 18.1 Å². The van der Waals surface area contributed by atoms with E-state index in [4.69, 9.17) is 27.9 Å². The van der Waals surface area contributed by atoms with Gasteiger partial charge in [-0.05, 0) is 71.5 Å². The van der Waals surface area contributed by atoms with Crippen molar-refractivity contribution in [3.05, 3.63) is 118 Å². The van der Waals surface area contributed by atoms with Gasteiger partial charge in [0.2, 0.25) is 0 Å². The summed E-state index contributed by atoms with van der Waals surface area (Å²) >= 11 is 13.2. The fourth-order valence-electron chi connectivity index (χ4n) is 4.37. The quantitative estimate of drug-likeness (QED) is 0.144. The molecule has 37 heavy (non-hydrogen) atoms. The number of aryl methyl sites for hydroxylation is 2. The lowest BCUT2D eigenvalue weighted by Crippen LogP contribution is -2.37. The van der Waals surface area contributed by atoms with Crippen molar-refractivity contribution < 1.29 is 13.9 Å². The van der Waals surface area contributed by atoms with Gasteiger partial charge in [-0.15, -0.1) is 0 Å². The molecule has 1 aliphatic heterocycles. The first-order valence-corrected chi connectivity index (χ1v) is 13.3. The fraction of sp³-hybridized carbons (Fsp3) is 0.300. The molecule has 7 heteroatoms. The van der Waals surface area contributed by atoms with Gasteiger partial charge in [0.25, 0.3) is 0 Å². The molecule has 0 fully saturated rings. The smallest absolute Gasteiger partial charge is 0.182 e. The highest BCUT2D eigenvalue weighted by Gasteiger charge is 2.30. The maximum Gasteiger partial charge on any atom is 0.182 e. The normalized spacial score (nSPS) is 14.7. The largest absolute Gasteiger partial charge is 0.365 e. The van der Waals surface area contributed by atoms with Crippen LogP contribution in [-0.2, 0) is 24.2 Å². The molecule has 4 nitrogen and oxygen atoms in total. The highest BCUT2D eigenvalue weighted by Crippen LogP contribution is 2.32. The highest BCUT2D eigenvalue weighted by atomic mass is 35.5. The number of Topliss-reactive ketones (excluding diaryl/α,β-unsaturated/α-hetero) is 1. The van der Waals surface area contributed by atoms with Gasteiger partial charge in [-0.1, -0.05) is 67.4 Å². The van der Waals surface area contributed by atoms with E-state index in [2.05, 4.69) is 32.0 Å². The zero-order chi connectivity index (χ0) is 26.4. The van der Waals surface area contributed by atoms with Crippen LogP contribution in [-0.4, -0.2) is 34.3 Å². The molecule has 0 aliphatic carbocycles. The molecule has 1 heterocycles. The number of ether oxygens (including phenoxy) is 1. The zero-order valence-electron chi connectivity index (χ0n) is 21.0. The summed E-state index contributed by atoms with van der Waals surface area (Å²) in [7, 11) is 0. The Kier molecular flexibility index (Phi) is 9.25. The van der Waals surface area contributed by atoms with Crippen molar-refractivity contribution in [2.24, 2.45) is 0 Å². The topological polar surface area (TPSA) is 32.8 Å². The van der Waals surface area contributed by atoms with E-state index in [1.165, 1.54) is 35.4 Å². The van der Waals surface area contributed by atoms with Crippen molar-refractivity contribution in [2.45, 2.75) is 44.9 Å². The van der Waals surface area contributed by atoms with Crippen LogP contribution in [0.1, 0.15) is 52.6 Å². The second-order valence-corrected chi connectivity index (χ2v) is 9.98. The Morgan fingerprint density at radius 2 is 1.70 bits per heavy atom. The molecule has 0 aromatic heterocycles. The SMILES string of the molecule is CCc1ccc(COC(c2ccc(Cl)cc2)C(Cl)N2C=CN(CC(=O)c3ccc(F)cc3)C2)c(CC)c1. The Labute approximate surface area is 228 Å². The van der Waals surface area contributed by atoms with Gasteiger partial charge in [-0.3, -0.25) is 4.79 Å². The number of benzene rings is 3. The number of nitrogens with zero attached hydrogens (tertiary/aromatic N) is 2. The molecule has 0 amide bonds. The van der Waals surface area contributed by atoms with Crippen LogP contribution in [0.5, 0.6) is 0 Å². The Morgan fingerprint density at radius 3 is 2.38 bits per heavy atom. The van der Waals surface area contributed by atoms with Crippen LogP contribution in [0, 0.1) is 5.82 Å². The standard InChI is InChI=1S/C30H31Cl2FN2O2/c1-3-21-5-6-25(22(4-2)17-21)19-37-29(24-7-11-26(31)12-8-24)30(32)35-16-15-34(20-35)18-28(36)23-9-13-27(33)14-10-23/h5-17,29-30H,3-4,18-20H2,1-2H3. The molecule has 1 aliphatic rings. The minimum Gasteiger partial charge on any atom is -0.365 e. The summed E-state index contributed by atoms with van der Waals surface area (Å²) in [5.41, 5.74) is 4.59. The molecule has 194 valence electrons. The van der Waals surface area contributed by atoms with Crippen LogP contribution < -0.4 is 0 Å². The Hall–Kier alpha value is -2.86. The molecule has 3 aromatic rings. The van der Waals surface area contributed by atoms with Crippen molar-refractivity contribution in [1.82, 2.24) is 9.80 Å². The second-order valence-electron chi connectivity index (χ2n) is 9.10. The van der Waals surface area contributed by atoms with E-state index in [9.17, 15) is 9.18 Å². The van der Waals surface area contributed by atoms with Gasteiger partial charge < -0.3 is 14.5 Å². The predicted molar refractivity (Wildman–Crippen MR) is 147 cm³/mol. The van der Waals surface area contributed by atoms with E-state index in [1.807, 2.05) is 46.5 Å². The lowest BCUT2D eigenvalue weighted by molar-refractivity contribution is 0.00668. The van der Waals surface area contributed by atoms with E-state index >= 15 is 0 Å². The van der Waals surface area contributed by atoms with E-state index in [0.29, 0.717) is 23.9 Å². The summed E-state index contributed by atoms with van der Waals surface area (Å²) in [6.07, 6.45) is 5.19. The van der Waals surface area contributed by atoms with Gasteiger partial charge in [-0.25, -0.2) is 4.39 Å². The first-order valence-electron chi connectivity index (χ1n) is 12.5. The number of ketones is 1. The third-order valence-corrected chi connectivity index (χ3v) is 7.30. The first kappa shape index (κ1) is 27.2. The minimum absolute atomic E-state index is 0.0919. The van der Waals surface area contributed by atoms with Crippen LogP contribution in [0.15, 0.2) is 79.1 Å². The van der Waals surface area contributed by atoms with Crippen LogP contribution in [0.3, 0.4) is 0 Å². The number of carbonyl (C=O) groups excluding carboxylic acids is 1. The lowest BCUT2D eigenvalue weighted by Gasteiger charge is -2.31. The van der Waals surface area contributed by atoms with Crippen LogP contribution in [0.2, 0.25) is 5.02 Å². The summed E-state index contributed by atoms with van der Waals surface area (Å²) in [6, 6.07) is 19.6. The summed E-state index contributed by atoms with van der Waals surface area (Å²) in [5.74, 6) is -0.458. The molecule has 0 radical (unpaired) electrons. The molecule has 0 saturated heterocycles. The van der Waals surface area contributed by atoms with Gasteiger partial charge >= 0.3 is 0 Å². The molecule has 2 unspecified atom stereocenters. The molecule has 0 N–H and O–H groups in total. The molecule has 0 bridgehead atoms. The van der Waals surface area contributed by atoms with Gasteiger partial charge in [0.15, 0.2) is 5.78 Å². The van der Waals surface area contributed by atoms with E-state index in [0.717, 1.165) is 24.0 Å². The third-order valence-electron chi connectivity index (χ3n) is 6.57. The van der Waals surface area contributed by atoms with Gasteiger partial charge in [0, 0.05) is 23.0 Å². The van der Waals surface area contributed by atoms with Crippen LogP contribution >= 0.6 is 23.2 Å². The van der Waals surface area contributed by atoms with Crippen molar-refractivity contribution in [3.8, 4) is 0 Å². The molecule has 4 rings (SSSR count). The average Bonchev–Trinajstić information content (AvgIpc) is 3.38. The van der Waals surface area contributed by atoms with Gasteiger partial charge in [-0.2, -0.15) is 0 Å². The van der Waals surface area contributed by atoms with Crippen molar-refractivity contribution >= 4 is 29.0 Å². The average molecular weight is 541 g/mol. The van der Waals surface area contributed by atoms with Gasteiger partial charge in [0.05, 0.1) is 19.8 Å². The fourth-order valence-corrected chi connectivity index (χ4v) is 4.84. The monoisotopic (exact) mass is 540 g/mol. The summed E-state index contributed by atoms with van der Waals surface area (Å²) in [6.45, 7) is 5.32. The number of rotatable bonds is 11. The Morgan fingerprint density at radius 1 is 0.973 bits per heavy atom. The number of alkyl halides is 1. The van der Waals surface area contributed by atoms with Crippen molar-refractivity contribution in [1.29, 1.82) is 0 Å². The van der Waals surface area contributed by atoms with Crippen molar-refractivity contribution in [2.75, 3.05) is 13.2 Å². The minimum atomic E-state index is -0.525. The number of hydrogen-bond donors (Lipinski definition) is 0. The maximum atomic E-state index is 13.2. The van der Waals surface area contributed by atoms with Gasteiger partial charge in [0.1, 0.15) is 17.4 Å². The molecular formula is C30H31Cl2FN2O2. The molecule has 0 saturated carbocycles. The number of hydrogen-bond acceptors (Lipinski definition) is 4. The summed E-state index contributed by atoms with van der Waals surface area (Å²) in [4.78, 5) is 16.5. The Bertz CT molecular complexity index is 1230. The zero-order valence-corrected chi connectivity index (χ0v) is 22.6. The number of halogens is 3. The van der Waals surface area contributed by atoms with E-state index < -0.39 is 11.6 Å². The van der Waals surface area contributed by atoms with Crippen LogP contribution in [0.25, 0.3) is 0 Å². The molecular weight excluding hydrogens is 510 g/mol. The third kappa shape index (κ3) is 6.92. The highest BCUT2D eigenvalue weighted by molar-refractivity contribution is 6.30. The van der Waals surface area contributed by atoms with Crippen LogP contribution in [0.4, 0.5) is 4.39 Å². The van der Waals surface area contributed by atoms with E-state index in [1.54, 1.807) is 0 Å². The molecule has 3 aromatic carbocycles. The lowest BCUT2D eigenvalue weighted by atomic mass is 10.0. The summed E-state index contributed by atoms with van der Waals surface area (Å²) < 4.78 is 19.7. The summed E-state index contributed by atoms with van der Waals surface area (Å²) in [5, 5.41) is 0.642. The predicted octanol–water partition coefficient (Wildman–Crippen LogP) is 7.36. The molecule has 2 atom stereocenters. The first-order chi connectivity index (χ1) is 17.9. The Balaban J connectivity index is 1.46. The molecule has 0 spiro atoms.